The number of hydrogen-bond acceptors (Lipinski definition) is 2. The molecule has 0 fully saturated rings. The zero-order valence-corrected chi connectivity index (χ0v) is 13.6. The molecule has 0 radical (unpaired) electrons. The summed E-state index contributed by atoms with van der Waals surface area (Å²) in [6.07, 6.45) is 0. The van der Waals surface area contributed by atoms with Gasteiger partial charge in [-0.25, -0.2) is 0 Å². The summed E-state index contributed by atoms with van der Waals surface area (Å²) < 4.78 is 0. The lowest BCUT2D eigenvalue weighted by Gasteiger charge is -2.09. The van der Waals surface area contributed by atoms with Crippen molar-refractivity contribution in [3.63, 3.8) is 0 Å². The molecule has 104 valence electrons. The summed E-state index contributed by atoms with van der Waals surface area (Å²) in [5, 5.41) is 0.769. The van der Waals surface area contributed by atoms with Gasteiger partial charge in [-0.05, 0) is 42.5 Å². The van der Waals surface area contributed by atoms with Gasteiger partial charge in [-0.2, -0.15) is 0 Å². The summed E-state index contributed by atoms with van der Waals surface area (Å²) >= 11 is 9.67. The Morgan fingerprint density at radius 1 is 0.571 bits per heavy atom. The van der Waals surface area contributed by atoms with Crippen molar-refractivity contribution in [3.8, 4) is 0 Å². The van der Waals surface area contributed by atoms with E-state index in [-0.39, 0.29) is 0 Å². The lowest BCUT2D eigenvalue weighted by Crippen LogP contribution is -1.80. The number of halogens is 1. The van der Waals surface area contributed by atoms with Gasteiger partial charge in [0, 0.05) is 24.6 Å². The fraction of sp³-hybridized carbons (Fsp3) is 0. The molecule has 0 heterocycles. The minimum absolute atomic E-state index is 0.769. The van der Waals surface area contributed by atoms with Gasteiger partial charge in [0.05, 0.1) is 0 Å². The van der Waals surface area contributed by atoms with E-state index < -0.39 is 0 Å². The van der Waals surface area contributed by atoms with Crippen molar-refractivity contribution in [2.24, 2.45) is 0 Å². The first-order chi connectivity index (χ1) is 10.3. The second-order valence-electron chi connectivity index (χ2n) is 4.42. The summed E-state index contributed by atoms with van der Waals surface area (Å²) in [6.45, 7) is 0. The molecular weight excluding hydrogens is 316 g/mol. The van der Waals surface area contributed by atoms with Crippen LogP contribution in [0, 0.1) is 0 Å². The minimum Gasteiger partial charge on any atom is -0.0889 e. The third-order valence-corrected chi connectivity index (χ3v) is 5.36. The van der Waals surface area contributed by atoms with Crippen LogP contribution in [0.1, 0.15) is 0 Å². The molecule has 3 heteroatoms. The predicted molar refractivity (Wildman–Crippen MR) is 92.6 cm³/mol. The Labute approximate surface area is 138 Å². The first-order valence-corrected chi connectivity index (χ1v) is 8.58. The minimum atomic E-state index is 0.769. The molecule has 0 unspecified atom stereocenters. The van der Waals surface area contributed by atoms with E-state index in [1.54, 1.807) is 23.5 Å². The normalized spacial score (nSPS) is 10.5. The highest BCUT2D eigenvalue weighted by atomic mass is 35.5. The van der Waals surface area contributed by atoms with E-state index in [2.05, 4.69) is 54.6 Å². The Hall–Kier alpha value is -1.35. The van der Waals surface area contributed by atoms with Crippen molar-refractivity contribution in [2.75, 3.05) is 0 Å². The van der Waals surface area contributed by atoms with Gasteiger partial charge in [0.25, 0.3) is 0 Å². The lowest BCUT2D eigenvalue weighted by atomic mass is 10.4. The van der Waals surface area contributed by atoms with Crippen LogP contribution in [-0.2, 0) is 0 Å². The maximum Gasteiger partial charge on any atom is 0.0418 e. The predicted octanol–water partition coefficient (Wildman–Crippen LogP) is 6.64. The lowest BCUT2D eigenvalue weighted by molar-refractivity contribution is 1.23. The molecule has 0 amide bonds. The van der Waals surface area contributed by atoms with Gasteiger partial charge in [0.1, 0.15) is 0 Å². The zero-order valence-electron chi connectivity index (χ0n) is 11.2. The maximum atomic E-state index is 6.16. The van der Waals surface area contributed by atoms with E-state index in [9.17, 15) is 0 Å². The summed E-state index contributed by atoms with van der Waals surface area (Å²) in [7, 11) is 0. The molecule has 0 aliphatic carbocycles. The average Bonchev–Trinajstić information content (AvgIpc) is 2.52. The van der Waals surface area contributed by atoms with Crippen LogP contribution in [0.25, 0.3) is 0 Å². The molecule has 3 rings (SSSR count). The smallest absolute Gasteiger partial charge is 0.0418 e. The van der Waals surface area contributed by atoms with Crippen molar-refractivity contribution in [1.29, 1.82) is 0 Å². The molecule has 21 heavy (non-hydrogen) atoms. The quantitative estimate of drug-likeness (QED) is 0.526. The number of hydrogen-bond donors (Lipinski definition) is 0. The van der Waals surface area contributed by atoms with E-state index >= 15 is 0 Å². The van der Waals surface area contributed by atoms with Crippen LogP contribution in [-0.4, -0.2) is 0 Å². The SMILES string of the molecule is Clc1ccc(Sc2ccccc2)c(Sc2ccccc2)c1. The number of benzene rings is 3. The Bertz CT molecular complexity index is 712. The van der Waals surface area contributed by atoms with Crippen LogP contribution in [0.5, 0.6) is 0 Å². The topological polar surface area (TPSA) is 0 Å². The van der Waals surface area contributed by atoms with E-state index in [1.165, 1.54) is 19.6 Å². The Morgan fingerprint density at radius 3 is 1.67 bits per heavy atom. The van der Waals surface area contributed by atoms with Crippen LogP contribution >= 0.6 is 35.1 Å². The molecule has 0 saturated carbocycles. The molecule has 3 aromatic carbocycles. The summed E-state index contributed by atoms with van der Waals surface area (Å²) in [4.78, 5) is 4.85. The highest BCUT2D eigenvalue weighted by Gasteiger charge is 2.07. The van der Waals surface area contributed by atoms with Crippen molar-refractivity contribution in [1.82, 2.24) is 0 Å². The van der Waals surface area contributed by atoms with Crippen molar-refractivity contribution >= 4 is 35.1 Å². The molecule has 0 aromatic heterocycles. The highest BCUT2D eigenvalue weighted by molar-refractivity contribution is 8.02. The molecule has 3 aromatic rings. The Morgan fingerprint density at radius 2 is 1.10 bits per heavy atom. The average molecular weight is 329 g/mol. The first-order valence-electron chi connectivity index (χ1n) is 6.56. The Balaban J connectivity index is 1.90. The van der Waals surface area contributed by atoms with E-state index in [4.69, 9.17) is 11.6 Å². The molecule has 0 aliphatic heterocycles. The molecule has 0 aliphatic rings. The van der Waals surface area contributed by atoms with E-state index in [0.717, 1.165) is 5.02 Å². The van der Waals surface area contributed by atoms with Crippen molar-refractivity contribution in [2.45, 2.75) is 19.6 Å². The monoisotopic (exact) mass is 328 g/mol. The fourth-order valence-electron chi connectivity index (χ4n) is 1.88. The van der Waals surface area contributed by atoms with Gasteiger partial charge in [-0.3, -0.25) is 0 Å². The molecular formula is C18H13ClS2. The van der Waals surface area contributed by atoms with Gasteiger partial charge in [-0.15, -0.1) is 0 Å². The summed E-state index contributed by atoms with van der Waals surface area (Å²) in [5.74, 6) is 0. The summed E-state index contributed by atoms with van der Waals surface area (Å²) in [6, 6.07) is 26.8. The molecule has 0 bridgehead atoms. The maximum absolute atomic E-state index is 6.16. The van der Waals surface area contributed by atoms with E-state index in [0.29, 0.717) is 0 Å². The van der Waals surface area contributed by atoms with Crippen LogP contribution < -0.4 is 0 Å². The van der Waals surface area contributed by atoms with Gasteiger partial charge in [-0.1, -0.05) is 71.5 Å². The first kappa shape index (κ1) is 14.6. The van der Waals surface area contributed by atoms with Crippen molar-refractivity contribution in [3.05, 3.63) is 83.9 Å². The molecule has 0 N–H and O–H groups in total. The van der Waals surface area contributed by atoms with Gasteiger partial charge >= 0.3 is 0 Å². The second-order valence-corrected chi connectivity index (χ2v) is 7.09. The highest BCUT2D eigenvalue weighted by Crippen LogP contribution is 2.39. The van der Waals surface area contributed by atoms with Gasteiger partial charge < -0.3 is 0 Å². The van der Waals surface area contributed by atoms with E-state index in [1.807, 2.05) is 24.3 Å². The van der Waals surface area contributed by atoms with Gasteiger partial charge in [0.2, 0.25) is 0 Å². The molecule has 0 spiro atoms. The van der Waals surface area contributed by atoms with Crippen LogP contribution in [0.3, 0.4) is 0 Å². The molecule has 0 atom stereocenters. The standard InChI is InChI=1S/C18H13ClS2/c19-14-11-12-17(20-15-7-3-1-4-8-15)18(13-14)21-16-9-5-2-6-10-16/h1-13H. The largest absolute Gasteiger partial charge is 0.0889 e. The second kappa shape index (κ2) is 7.08. The van der Waals surface area contributed by atoms with Crippen LogP contribution in [0.4, 0.5) is 0 Å². The Kier molecular flexibility index (Phi) is 4.91. The third kappa shape index (κ3) is 4.07. The molecule has 0 saturated heterocycles. The summed E-state index contributed by atoms with van der Waals surface area (Å²) in [5.41, 5.74) is 0. The van der Waals surface area contributed by atoms with Crippen LogP contribution in [0.2, 0.25) is 5.02 Å². The molecule has 0 nitrogen and oxygen atoms in total. The number of rotatable bonds is 4. The third-order valence-electron chi connectivity index (χ3n) is 2.85. The fourth-order valence-corrected chi connectivity index (χ4v) is 4.11. The van der Waals surface area contributed by atoms with Crippen LogP contribution in [0.15, 0.2) is 98.4 Å². The van der Waals surface area contributed by atoms with Gasteiger partial charge in [0.15, 0.2) is 0 Å². The van der Waals surface area contributed by atoms with Crippen molar-refractivity contribution < 1.29 is 0 Å². The zero-order chi connectivity index (χ0) is 14.5.